The smallest absolute Gasteiger partial charge is 0.325 e. The van der Waals surface area contributed by atoms with Crippen molar-refractivity contribution < 1.29 is 19.3 Å². The molecule has 1 saturated carbocycles. The van der Waals surface area contributed by atoms with E-state index in [0.717, 1.165) is 24.2 Å². The number of nitrogens with zero attached hydrogens (tertiary/aromatic N) is 2. The summed E-state index contributed by atoms with van der Waals surface area (Å²) in [6.07, 6.45) is 3.06. The van der Waals surface area contributed by atoms with Gasteiger partial charge in [-0.15, -0.1) is 0 Å². The second-order valence-corrected chi connectivity index (χ2v) is 8.19. The molecule has 0 aromatic heterocycles. The molecule has 1 aromatic carbocycles. The summed E-state index contributed by atoms with van der Waals surface area (Å²) in [5, 5.41) is 16.4. The van der Waals surface area contributed by atoms with Gasteiger partial charge in [0.2, 0.25) is 5.91 Å². The van der Waals surface area contributed by atoms with Gasteiger partial charge in [-0.3, -0.25) is 24.6 Å². The minimum Gasteiger partial charge on any atom is -0.352 e. The molecule has 0 bridgehead atoms. The zero-order chi connectivity index (χ0) is 21.3. The number of nitro benzene ring substituents is 1. The summed E-state index contributed by atoms with van der Waals surface area (Å²) < 4.78 is 0. The number of non-ortho nitro benzene ring substituents is 1. The number of carbonyl (C=O) groups is 3. The number of rotatable bonds is 5. The lowest BCUT2D eigenvalue weighted by Gasteiger charge is -2.34. The Kier molecular flexibility index (Phi) is 5.59. The Morgan fingerprint density at radius 2 is 1.93 bits per heavy atom. The van der Waals surface area contributed by atoms with Gasteiger partial charge in [-0.2, -0.15) is 0 Å². The fraction of sp³-hybridized carbons (Fsp3) is 0.550. The van der Waals surface area contributed by atoms with E-state index in [9.17, 15) is 24.5 Å². The molecule has 2 aliphatic rings. The predicted molar refractivity (Wildman–Crippen MR) is 105 cm³/mol. The molecular formula is C20H26N4O5. The Hall–Kier alpha value is -2.97. The van der Waals surface area contributed by atoms with Gasteiger partial charge in [0.05, 0.1) is 4.92 Å². The first-order valence-electron chi connectivity index (χ1n) is 9.82. The minimum atomic E-state index is -1.38. The summed E-state index contributed by atoms with van der Waals surface area (Å²) in [4.78, 5) is 49.0. The van der Waals surface area contributed by atoms with E-state index in [0.29, 0.717) is 17.4 Å². The van der Waals surface area contributed by atoms with Crippen LogP contribution in [0.4, 0.5) is 10.5 Å². The van der Waals surface area contributed by atoms with Crippen LogP contribution in [0.1, 0.15) is 45.6 Å². The van der Waals surface area contributed by atoms with E-state index >= 15 is 0 Å². The number of carbonyl (C=O) groups excluding carboxylic acids is 3. The zero-order valence-corrected chi connectivity index (χ0v) is 16.8. The summed E-state index contributed by atoms with van der Waals surface area (Å²) in [7, 11) is 0. The van der Waals surface area contributed by atoms with E-state index in [1.54, 1.807) is 0 Å². The van der Waals surface area contributed by atoms with Crippen LogP contribution in [-0.4, -0.2) is 40.3 Å². The van der Waals surface area contributed by atoms with Crippen LogP contribution in [0.3, 0.4) is 0 Å². The molecule has 0 unspecified atom stereocenters. The molecule has 9 nitrogen and oxygen atoms in total. The summed E-state index contributed by atoms with van der Waals surface area (Å²) in [5.74, 6) is -0.0821. The average molecular weight is 402 g/mol. The third-order valence-electron chi connectivity index (χ3n) is 6.29. The molecule has 1 saturated heterocycles. The van der Waals surface area contributed by atoms with Crippen molar-refractivity contribution in [2.45, 2.75) is 51.6 Å². The molecule has 3 rings (SSSR count). The normalized spacial score (nSPS) is 29.5. The maximum atomic E-state index is 12.9. The van der Waals surface area contributed by atoms with Crippen LogP contribution < -0.4 is 10.6 Å². The van der Waals surface area contributed by atoms with E-state index in [4.69, 9.17) is 0 Å². The molecule has 1 aliphatic carbocycles. The number of nitro groups is 1. The summed E-state index contributed by atoms with van der Waals surface area (Å²) >= 11 is 0. The first kappa shape index (κ1) is 20.8. The van der Waals surface area contributed by atoms with Crippen molar-refractivity contribution in [1.82, 2.24) is 15.5 Å². The van der Waals surface area contributed by atoms with Crippen LogP contribution in [0.5, 0.6) is 0 Å². The van der Waals surface area contributed by atoms with Gasteiger partial charge in [0.1, 0.15) is 12.1 Å². The molecule has 2 fully saturated rings. The Morgan fingerprint density at radius 3 is 2.55 bits per heavy atom. The van der Waals surface area contributed by atoms with Crippen molar-refractivity contribution in [1.29, 1.82) is 0 Å². The number of hydrogen-bond acceptors (Lipinski definition) is 5. The van der Waals surface area contributed by atoms with Gasteiger partial charge in [-0.05, 0) is 42.9 Å². The Morgan fingerprint density at radius 1 is 1.28 bits per heavy atom. The number of hydrogen-bond donors (Lipinski definition) is 2. The van der Waals surface area contributed by atoms with Crippen LogP contribution in [-0.2, 0) is 15.1 Å². The van der Waals surface area contributed by atoms with E-state index < -0.39 is 22.4 Å². The largest absolute Gasteiger partial charge is 0.352 e. The van der Waals surface area contributed by atoms with Crippen LogP contribution in [0.25, 0.3) is 0 Å². The molecule has 0 radical (unpaired) electrons. The zero-order valence-electron chi connectivity index (χ0n) is 16.8. The number of imide groups is 1. The monoisotopic (exact) mass is 402 g/mol. The summed E-state index contributed by atoms with van der Waals surface area (Å²) in [6, 6.07) is 4.81. The quantitative estimate of drug-likeness (QED) is 0.445. The molecule has 4 amide bonds. The molecule has 0 spiro atoms. The first-order chi connectivity index (χ1) is 13.6. The third-order valence-corrected chi connectivity index (χ3v) is 6.29. The van der Waals surface area contributed by atoms with Crippen molar-refractivity contribution in [3.05, 3.63) is 39.9 Å². The highest BCUT2D eigenvalue weighted by atomic mass is 16.6. The predicted octanol–water partition coefficient (Wildman–Crippen LogP) is 2.30. The Balaban J connectivity index is 1.69. The molecular weight excluding hydrogens is 376 g/mol. The fourth-order valence-electron chi connectivity index (χ4n) is 4.13. The van der Waals surface area contributed by atoms with Gasteiger partial charge in [-0.25, -0.2) is 4.79 Å². The Labute approximate surface area is 169 Å². The average Bonchev–Trinajstić information content (AvgIpc) is 2.89. The highest BCUT2D eigenvalue weighted by Crippen LogP contribution is 2.31. The van der Waals surface area contributed by atoms with E-state index in [2.05, 4.69) is 24.5 Å². The van der Waals surface area contributed by atoms with Gasteiger partial charge in [-0.1, -0.05) is 26.7 Å². The maximum Gasteiger partial charge on any atom is 0.325 e. The second kappa shape index (κ2) is 7.81. The number of urea groups is 1. The number of nitrogens with one attached hydrogen (secondary N) is 2. The Bertz CT molecular complexity index is 840. The topological polar surface area (TPSA) is 122 Å². The van der Waals surface area contributed by atoms with Gasteiger partial charge in [0.15, 0.2) is 0 Å². The van der Waals surface area contributed by atoms with Crippen molar-refractivity contribution in [2.24, 2.45) is 11.8 Å². The molecule has 1 aliphatic heterocycles. The lowest BCUT2D eigenvalue weighted by molar-refractivity contribution is -0.384. The molecule has 4 atom stereocenters. The van der Waals surface area contributed by atoms with E-state index in [1.807, 2.05) is 0 Å². The molecule has 29 heavy (non-hydrogen) atoms. The van der Waals surface area contributed by atoms with Crippen molar-refractivity contribution in [3.63, 3.8) is 0 Å². The van der Waals surface area contributed by atoms with Crippen LogP contribution in [0, 0.1) is 22.0 Å². The van der Waals surface area contributed by atoms with Crippen LogP contribution >= 0.6 is 0 Å². The molecule has 9 heteroatoms. The molecule has 156 valence electrons. The van der Waals surface area contributed by atoms with Crippen molar-refractivity contribution in [3.8, 4) is 0 Å². The molecule has 1 heterocycles. The van der Waals surface area contributed by atoms with Crippen LogP contribution in [0.15, 0.2) is 24.3 Å². The summed E-state index contributed by atoms with van der Waals surface area (Å²) in [6.45, 7) is 5.44. The molecule has 1 aromatic rings. The number of amides is 4. The van der Waals surface area contributed by atoms with Gasteiger partial charge < -0.3 is 10.6 Å². The minimum absolute atomic E-state index is 0.0353. The van der Waals surface area contributed by atoms with Gasteiger partial charge in [0, 0.05) is 18.2 Å². The highest BCUT2D eigenvalue weighted by Gasteiger charge is 2.49. The standard InChI is InChI=1S/C20H26N4O5/c1-12-5-4-6-16(13(12)2)21-17(25)11-23-18(26)20(3,22-19(23)27)14-7-9-15(10-8-14)24(28)29/h7-10,12-13,16H,4-6,11H2,1-3H3,(H,21,25)(H,22,27)/t12-,13-,16+,20-/m1/s1. The van der Waals surface area contributed by atoms with E-state index in [1.165, 1.54) is 31.2 Å². The third kappa shape index (κ3) is 3.94. The highest BCUT2D eigenvalue weighted by molar-refractivity contribution is 6.09. The second-order valence-electron chi connectivity index (χ2n) is 8.19. The number of benzene rings is 1. The first-order valence-corrected chi connectivity index (χ1v) is 9.82. The SMILES string of the molecule is C[C@@H]1[C@H](C)CCC[C@@H]1NC(=O)CN1C(=O)N[C@](C)(c2ccc([N+](=O)[O-])cc2)C1=O. The van der Waals surface area contributed by atoms with Gasteiger partial charge >= 0.3 is 6.03 Å². The fourth-order valence-corrected chi connectivity index (χ4v) is 4.13. The van der Waals surface area contributed by atoms with Crippen LogP contribution in [0.2, 0.25) is 0 Å². The van der Waals surface area contributed by atoms with Crippen molar-refractivity contribution in [2.75, 3.05) is 6.54 Å². The molecule has 2 N–H and O–H groups in total. The lowest BCUT2D eigenvalue weighted by atomic mass is 9.78. The summed E-state index contributed by atoms with van der Waals surface area (Å²) in [5.41, 5.74) is -1.07. The van der Waals surface area contributed by atoms with Crippen molar-refractivity contribution >= 4 is 23.5 Å². The van der Waals surface area contributed by atoms with Gasteiger partial charge in [0.25, 0.3) is 11.6 Å². The maximum absolute atomic E-state index is 12.9. The lowest BCUT2D eigenvalue weighted by Crippen LogP contribution is -2.48. The van der Waals surface area contributed by atoms with E-state index in [-0.39, 0.29) is 24.2 Å².